The van der Waals surface area contributed by atoms with Gasteiger partial charge >= 0.3 is 0 Å². The molecule has 0 saturated carbocycles. The maximum absolute atomic E-state index is 5.66. The van der Waals surface area contributed by atoms with E-state index in [0.29, 0.717) is 10.6 Å². The van der Waals surface area contributed by atoms with E-state index < -0.39 is 0 Å². The third-order valence-corrected chi connectivity index (χ3v) is 1.72. The van der Waals surface area contributed by atoms with E-state index in [-0.39, 0.29) is 0 Å². The van der Waals surface area contributed by atoms with Crippen molar-refractivity contribution in [3.05, 3.63) is 29.5 Å². The number of rotatable bonds is 0. The van der Waals surface area contributed by atoms with Gasteiger partial charge in [-0.1, -0.05) is 23.1 Å². The molecule has 0 spiro atoms. The minimum atomic E-state index is 0.383. The third-order valence-electron chi connectivity index (χ3n) is 1.54. The van der Waals surface area contributed by atoms with Gasteiger partial charge in [0.2, 0.25) is 0 Å². The van der Waals surface area contributed by atoms with E-state index in [1.165, 1.54) is 6.20 Å². The standard InChI is InChI=1S/C8H4BClN2/c9-5-1-2-6-7(3-5)12-8(10)4-11-6/h1-4H. The van der Waals surface area contributed by atoms with E-state index in [1.54, 1.807) is 12.1 Å². The number of benzene rings is 1. The van der Waals surface area contributed by atoms with Crippen molar-refractivity contribution in [2.45, 2.75) is 0 Å². The summed E-state index contributed by atoms with van der Waals surface area (Å²) in [6.07, 6.45) is 1.51. The van der Waals surface area contributed by atoms with Gasteiger partial charge in [-0.05, 0) is 12.1 Å². The van der Waals surface area contributed by atoms with Gasteiger partial charge in [0.05, 0.1) is 17.2 Å². The summed E-state index contributed by atoms with van der Waals surface area (Å²) in [6, 6.07) is 5.34. The monoisotopic (exact) mass is 174 g/mol. The van der Waals surface area contributed by atoms with Crippen molar-refractivity contribution < 1.29 is 0 Å². The van der Waals surface area contributed by atoms with E-state index in [9.17, 15) is 0 Å². The molecule has 0 amide bonds. The Balaban J connectivity index is 2.80. The summed E-state index contributed by atoms with van der Waals surface area (Å²) in [7, 11) is 5.56. The first-order chi connectivity index (χ1) is 5.75. The lowest BCUT2D eigenvalue weighted by Crippen LogP contribution is -2.01. The number of hydrogen-bond donors (Lipinski definition) is 0. The highest BCUT2D eigenvalue weighted by Gasteiger charge is 1.96. The maximum Gasteiger partial charge on any atom is 0.148 e. The first-order valence-electron chi connectivity index (χ1n) is 3.43. The van der Waals surface area contributed by atoms with Gasteiger partial charge in [-0.2, -0.15) is 0 Å². The average Bonchev–Trinajstić information content (AvgIpc) is 2.03. The molecule has 2 radical (unpaired) electrons. The van der Waals surface area contributed by atoms with E-state index >= 15 is 0 Å². The minimum Gasteiger partial charge on any atom is -0.251 e. The zero-order valence-corrected chi connectivity index (χ0v) is 6.92. The molecule has 56 valence electrons. The molecular weight excluding hydrogens is 170 g/mol. The summed E-state index contributed by atoms with van der Waals surface area (Å²) >= 11 is 5.66. The topological polar surface area (TPSA) is 25.8 Å². The molecule has 1 aromatic carbocycles. The van der Waals surface area contributed by atoms with E-state index in [2.05, 4.69) is 9.97 Å². The molecule has 4 heteroatoms. The molecule has 12 heavy (non-hydrogen) atoms. The second kappa shape index (κ2) is 2.75. The lowest BCUT2D eigenvalue weighted by atomic mass is 9.96. The quantitative estimate of drug-likeness (QED) is 0.559. The van der Waals surface area contributed by atoms with Crippen LogP contribution in [0.1, 0.15) is 0 Å². The Morgan fingerprint density at radius 1 is 1.25 bits per heavy atom. The van der Waals surface area contributed by atoms with Crippen LogP contribution >= 0.6 is 11.6 Å². The fourth-order valence-electron chi connectivity index (χ4n) is 1.01. The van der Waals surface area contributed by atoms with Crippen molar-refractivity contribution in [3.8, 4) is 0 Å². The Bertz CT molecular complexity index is 394. The third kappa shape index (κ3) is 1.28. The molecule has 2 rings (SSSR count). The maximum atomic E-state index is 5.66. The average molecular weight is 174 g/mol. The Hall–Kier alpha value is -1.09. The molecule has 0 N–H and O–H groups in total. The molecule has 0 saturated heterocycles. The molecule has 1 heterocycles. The van der Waals surface area contributed by atoms with Gasteiger partial charge < -0.3 is 0 Å². The molecule has 2 nitrogen and oxygen atoms in total. The highest BCUT2D eigenvalue weighted by molar-refractivity contribution is 6.33. The summed E-state index contributed by atoms with van der Waals surface area (Å²) in [5, 5.41) is 0.383. The number of hydrogen-bond acceptors (Lipinski definition) is 2. The summed E-state index contributed by atoms with van der Waals surface area (Å²) < 4.78 is 0. The molecule has 0 fully saturated rings. The second-order valence-electron chi connectivity index (χ2n) is 2.44. The van der Waals surface area contributed by atoms with E-state index in [0.717, 1.165) is 11.0 Å². The van der Waals surface area contributed by atoms with Crippen molar-refractivity contribution >= 4 is 35.9 Å². The smallest absolute Gasteiger partial charge is 0.148 e. The molecule has 0 bridgehead atoms. The van der Waals surface area contributed by atoms with Crippen LogP contribution in [0.3, 0.4) is 0 Å². The second-order valence-corrected chi connectivity index (χ2v) is 2.83. The molecule has 2 aromatic rings. The van der Waals surface area contributed by atoms with Gasteiger partial charge in [0.15, 0.2) is 0 Å². The van der Waals surface area contributed by atoms with Gasteiger partial charge in [0, 0.05) is 0 Å². The number of nitrogens with zero attached hydrogens (tertiary/aromatic N) is 2. The summed E-state index contributed by atoms with van der Waals surface area (Å²) in [5.74, 6) is 0. The van der Waals surface area contributed by atoms with Crippen molar-refractivity contribution in [2.75, 3.05) is 0 Å². The van der Waals surface area contributed by atoms with Crippen molar-refractivity contribution in [1.29, 1.82) is 0 Å². The summed E-state index contributed by atoms with van der Waals surface area (Å²) in [5.41, 5.74) is 2.19. The van der Waals surface area contributed by atoms with Crippen LogP contribution in [0.5, 0.6) is 0 Å². The lowest BCUT2D eigenvalue weighted by molar-refractivity contribution is 1.30. The predicted octanol–water partition coefficient (Wildman–Crippen LogP) is 1.08. The first-order valence-corrected chi connectivity index (χ1v) is 3.81. The molecule has 0 atom stereocenters. The van der Waals surface area contributed by atoms with Gasteiger partial charge in [0.25, 0.3) is 0 Å². The summed E-state index contributed by atoms with van der Waals surface area (Å²) in [4.78, 5) is 8.13. The molecule has 0 aliphatic heterocycles. The van der Waals surface area contributed by atoms with Crippen LogP contribution in [0, 0.1) is 0 Å². The normalized spacial score (nSPS) is 10.4. The zero-order valence-electron chi connectivity index (χ0n) is 6.16. The summed E-state index contributed by atoms with van der Waals surface area (Å²) in [6.45, 7) is 0. The van der Waals surface area contributed by atoms with Crippen LogP contribution in [-0.2, 0) is 0 Å². The lowest BCUT2D eigenvalue weighted by Gasteiger charge is -1.97. The van der Waals surface area contributed by atoms with Crippen molar-refractivity contribution in [3.63, 3.8) is 0 Å². The molecule has 1 aromatic heterocycles. The zero-order chi connectivity index (χ0) is 8.55. The van der Waals surface area contributed by atoms with Gasteiger partial charge in [0.1, 0.15) is 13.0 Å². The molecular formula is C8H4BClN2. The van der Waals surface area contributed by atoms with Gasteiger partial charge in [-0.25, -0.2) is 4.98 Å². The predicted molar refractivity (Wildman–Crippen MR) is 49.9 cm³/mol. The first kappa shape index (κ1) is 7.56. The molecule has 0 unspecified atom stereocenters. The van der Waals surface area contributed by atoms with Crippen LogP contribution in [0.25, 0.3) is 11.0 Å². The van der Waals surface area contributed by atoms with Gasteiger partial charge in [-0.15, -0.1) is 0 Å². The van der Waals surface area contributed by atoms with Crippen LogP contribution in [-0.4, -0.2) is 17.8 Å². The Morgan fingerprint density at radius 3 is 2.92 bits per heavy atom. The fourth-order valence-corrected chi connectivity index (χ4v) is 1.15. The highest BCUT2D eigenvalue weighted by Crippen LogP contribution is 2.09. The van der Waals surface area contributed by atoms with Gasteiger partial charge in [-0.3, -0.25) is 4.98 Å². The number of fused-ring (bicyclic) bond motifs is 1. The van der Waals surface area contributed by atoms with Crippen molar-refractivity contribution in [2.24, 2.45) is 0 Å². The van der Waals surface area contributed by atoms with Crippen LogP contribution in [0.4, 0.5) is 0 Å². The Labute approximate surface area is 76.0 Å². The van der Waals surface area contributed by atoms with E-state index in [1.807, 2.05) is 6.07 Å². The molecule has 0 aliphatic rings. The SMILES string of the molecule is [B]c1ccc2ncc(Cl)nc2c1. The fraction of sp³-hybridized carbons (Fsp3) is 0. The van der Waals surface area contributed by atoms with E-state index in [4.69, 9.17) is 19.4 Å². The Kier molecular flexibility index (Phi) is 1.73. The number of halogens is 1. The Morgan fingerprint density at radius 2 is 2.08 bits per heavy atom. The van der Waals surface area contributed by atoms with Crippen LogP contribution < -0.4 is 5.46 Å². The van der Waals surface area contributed by atoms with Crippen molar-refractivity contribution in [1.82, 2.24) is 9.97 Å². The minimum absolute atomic E-state index is 0.383. The largest absolute Gasteiger partial charge is 0.251 e. The molecule has 0 aliphatic carbocycles. The number of aromatic nitrogens is 2. The highest BCUT2D eigenvalue weighted by atomic mass is 35.5. The van der Waals surface area contributed by atoms with Crippen LogP contribution in [0.15, 0.2) is 24.4 Å². The van der Waals surface area contributed by atoms with Crippen LogP contribution in [0.2, 0.25) is 5.15 Å².